The molecular weight excluding hydrogens is 334 g/mol. The van der Waals surface area contributed by atoms with Gasteiger partial charge in [-0.2, -0.15) is 0 Å². The summed E-state index contributed by atoms with van der Waals surface area (Å²) in [5.74, 6) is 0.257. The standard InChI is InChI=1S/C11H10BrN3O3S/c1-18-10-3-2-8(12)4-11(10)19(16,17)15-9-5-13-7-14-6-9/h2-7,15H,1H3. The number of nitrogens with zero attached hydrogens (tertiary/aromatic N) is 2. The largest absolute Gasteiger partial charge is 0.495 e. The second-order valence-corrected chi connectivity index (χ2v) is 6.09. The van der Waals surface area contributed by atoms with Gasteiger partial charge in [-0.25, -0.2) is 18.4 Å². The maximum Gasteiger partial charge on any atom is 0.265 e. The van der Waals surface area contributed by atoms with E-state index in [-0.39, 0.29) is 16.3 Å². The number of benzene rings is 1. The molecule has 0 saturated heterocycles. The minimum Gasteiger partial charge on any atom is -0.495 e. The van der Waals surface area contributed by atoms with E-state index in [9.17, 15) is 8.42 Å². The fraction of sp³-hybridized carbons (Fsp3) is 0.0909. The van der Waals surface area contributed by atoms with E-state index in [0.29, 0.717) is 4.47 Å². The predicted molar refractivity (Wildman–Crippen MR) is 73.5 cm³/mol. The van der Waals surface area contributed by atoms with Crippen LogP contribution in [0, 0.1) is 0 Å². The third kappa shape index (κ3) is 3.21. The van der Waals surface area contributed by atoms with Crippen molar-refractivity contribution in [1.29, 1.82) is 0 Å². The van der Waals surface area contributed by atoms with E-state index >= 15 is 0 Å². The van der Waals surface area contributed by atoms with Crippen LogP contribution in [-0.2, 0) is 10.0 Å². The number of rotatable bonds is 4. The van der Waals surface area contributed by atoms with Crippen LogP contribution in [-0.4, -0.2) is 25.5 Å². The molecule has 0 aliphatic carbocycles. The first-order valence-corrected chi connectivity index (χ1v) is 7.42. The molecule has 0 saturated carbocycles. The van der Waals surface area contributed by atoms with E-state index in [1.807, 2.05) is 0 Å². The Kier molecular flexibility index (Phi) is 4.01. The Labute approximate surface area is 119 Å². The topological polar surface area (TPSA) is 81.2 Å². The monoisotopic (exact) mass is 343 g/mol. The first-order chi connectivity index (χ1) is 9.03. The lowest BCUT2D eigenvalue weighted by Crippen LogP contribution is -2.14. The molecule has 1 N–H and O–H groups in total. The Balaban J connectivity index is 2.42. The number of methoxy groups -OCH3 is 1. The maximum absolute atomic E-state index is 12.3. The zero-order chi connectivity index (χ0) is 13.9. The smallest absolute Gasteiger partial charge is 0.265 e. The zero-order valence-corrected chi connectivity index (χ0v) is 12.3. The number of aromatic nitrogens is 2. The van der Waals surface area contributed by atoms with Crippen molar-refractivity contribution in [2.75, 3.05) is 11.8 Å². The molecule has 100 valence electrons. The highest BCUT2D eigenvalue weighted by atomic mass is 79.9. The van der Waals surface area contributed by atoms with Crippen molar-refractivity contribution in [3.8, 4) is 5.75 Å². The second-order valence-electron chi connectivity index (χ2n) is 3.53. The first kappa shape index (κ1) is 13.8. The van der Waals surface area contributed by atoms with Gasteiger partial charge in [0, 0.05) is 4.47 Å². The average Bonchev–Trinajstić information content (AvgIpc) is 2.39. The molecule has 0 spiro atoms. The molecule has 1 heterocycles. The number of halogens is 1. The summed E-state index contributed by atoms with van der Waals surface area (Å²) in [6.45, 7) is 0. The van der Waals surface area contributed by atoms with E-state index in [4.69, 9.17) is 4.74 Å². The van der Waals surface area contributed by atoms with Gasteiger partial charge >= 0.3 is 0 Å². The zero-order valence-electron chi connectivity index (χ0n) is 9.87. The predicted octanol–water partition coefficient (Wildman–Crippen LogP) is 2.05. The van der Waals surface area contributed by atoms with Crippen LogP contribution in [0.3, 0.4) is 0 Å². The Hall–Kier alpha value is -1.67. The molecule has 0 unspecified atom stereocenters. The Morgan fingerprint density at radius 3 is 2.58 bits per heavy atom. The molecule has 1 aromatic heterocycles. The van der Waals surface area contributed by atoms with Gasteiger partial charge in [-0.3, -0.25) is 4.72 Å². The third-order valence-electron chi connectivity index (χ3n) is 2.23. The molecule has 0 aliphatic heterocycles. The summed E-state index contributed by atoms with van der Waals surface area (Å²) in [7, 11) is -2.35. The molecule has 8 heteroatoms. The van der Waals surface area contributed by atoms with E-state index in [1.165, 1.54) is 31.9 Å². The van der Waals surface area contributed by atoms with Crippen molar-refractivity contribution >= 4 is 31.6 Å². The molecule has 0 radical (unpaired) electrons. The normalized spacial score (nSPS) is 11.1. The number of hydrogen-bond acceptors (Lipinski definition) is 5. The van der Waals surface area contributed by atoms with Crippen LogP contribution in [0.5, 0.6) is 5.75 Å². The Morgan fingerprint density at radius 1 is 1.26 bits per heavy atom. The van der Waals surface area contributed by atoms with Crippen molar-refractivity contribution in [3.63, 3.8) is 0 Å². The highest BCUT2D eigenvalue weighted by molar-refractivity contribution is 9.10. The molecule has 2 aromatic rings. The molecular formula is C11H10BrN3O3S. The number of sulfonamides is 1. The van der Waals surface area contributed by atoms with Gasteiger partial charge in [-0.1, -0.05) is 15.9 Å². The summed E-state index contributed by atoms with van der Waals surface area (Å²) in [6.07, 6.45) is 4.06. The summed E-state index contributed by atoms with van der Waals surface area (Å²) in [5.41, 5.74) is 0.282. The Morgan fingerprint density at radius 2 is 1.95 bits per heavy atom. The maximum atomic E-state index is 12.3. The van der Waals surface area contributed by atoms with E-state index < -0.39 is 10.0 Å². The summed E-state index contributed by atoms with van der Waals surface area (Å²) in [5, 5.41) is 0. The van der Waals surface area contributed by atoms with Crippen molar-refractivity contribution in [2.45, 2.75) is 4.90 Å². The van der Waals surface area contributed by atoms with Gasteiger partial charge in [0.05, 0.1) is 25.2 Å². The van der Waals surface area contributed by atoms with E-state index in [0.717, 1.165) is 0 Å². The number of hydrogen-bond donors (Lipinski definition) is 1. The summed E-state index contributed by atoms with van der Waals surface area (Å²) in [6, 6.07) is 4.73. The molecule has 0 bridgehead atoms. The lowest BCUT2D eigenvalue weighted by Gasteiger charge is -2.11. The number of ether oxygens (including phenoxy) is 1. The molecule has 0 fully saturated rings. The van der Waals surface area contributed by atoms with Crippen LogP contribution in [0.15, 0.2) is 46.3 Å². The third-order valence-corrected chi connectivity index (χ3v) is 4.12. The first-order valence-electron chi connectivity index (χ1n) is 5.14. The van der Waals surface area contributed by atoms with Gasteiger partial charge in [-0.05, 0) is 18.2 Å². The highest BCUT2D eigenvalue weighted by Gasteiger charge is 2.20. The minimum atomic E-state index is -3.76. The van der Waals surface area contributed by atoms with Crippen LogP contribution in [0.25, 0.3) is 0 Å². The van der Waals surface area contributed by atoms with Crippen LogP contribution < -0.4 is 9.46 Å². The molecule has 0 aliphatic rings. The fourth-order valence-electron chi connectivity index (χ4n) is 1.42. The average molecular weight is 344 g/mol. The number of nitrogens with one attached hydrogen (secondary N) is 1. The molecule has 0 atom stereocenters. The SMILES string of the molecule is COc1ccc(Br)cc1S(=O)(=O)Nc1cncnc1. The number of anilines is 1. The van der Waals surface area contributed by atoms with Crippen LogP contribution in [0.2, 0.25) is 0 Å². The van der Waals surface area contributed by atoms with Crippen LogP contribution >= 0.6 is 15.9 Å². The molecule has 2 rings (SSSR count). The summed E-state index contributed by atoms with van der Waals surface area (Å²) in [4.78, 5) is 7.52. The van der Waals surface area contributed by atoms with Crippen LogP contribution in [0.1, 0.15) is 0 Å². The van der Waals surface area contributed by atoms with Gasteiger partial charge in [0.1, 0.15) is 17.0 Å². The second kappa shape index (κ2) is 5.54. The van der Waals surface area contributed by atoms with E-state index in [1.54, 1.807) is 12.1 Å². The van der Waals surface area contributed by atoms with Gasteiger partial charge in [0.25, 0.3) is 10.0 Å². The van der Waals surface area contributed by atoms with Crippen LogP contribution in [0.4, 0.5) is 5.69 Å². The van der Waals surface area contributed by atoms with Crippen molar-refractivity contribution < 1.29 is 13.2 Å². The molecule has 19 heavy (non-hydrogen) atoms. The molecule has 1 aromatic carbocycles. The van der Waals surface area contributed by atoms with E-state index in [2.05, 4.69) is 30.6 Å². The van der Waals surface area contributed by atoms with Gasteiger partial charge < -0.3 is 4.74 Å². The summed E-state index contributed by atoms with van der Waals surface area (Å²) < 4.78 is 32.6. The van der Waals surface area contributed by atoms with Crippen molar-refractivity contribution in [3.05, 3.63) is 41.4 Å². The highest BCUT2D eigenvalue weighted by Crippen LogP contribution is 2.28. The fourth-order valence-corrected chi connectivity index (χ4v) is 3.16. The van der Waals surface area contributed by atoms with Gasteiger partial charge in [0.2, 0.25) is 0 Å². The van der Waals surface area contributed by atoms with Crippen molar-refractivity contribution in [2.24, 2.45) is 0 Å². The minimum absolute atomic E-state index is 0.0354. The lowest BCUT2D eigenvalue weighted by atomic mass is 10.3. The summed E-state index contributed by atoms with van der Waals surface area (Å²) >= 11 is 3.23. The van der Waals surface area contributed by atoms with Gasteiger partial charge in [-0.15, -0.1) is 0 Å². The molecule has 0 amide bonds. The van der Waals surface area contributed by atoms with Gasteiger partial charge in [0.15, 0.2) is 0 Å². The Bertz CT molecular complexity index is 677. The molecule has 6 nitrogen and oxygen atoms in total. The van der Waals surface area contributed by atoms with Crippen molar-refractivity contribution in [1.82, 2.24) is 9.97 Å². The lowest BCUT2D eigenvalue weighted by molar-refractivity contribution is 0.403. The quantitative estimate of drug-likeness (QED) is 0.918.